The van der Waals surface area contributed by atoms with Crippen molar-refractivity contribution in [3.05, 3.63) is 0 Å². The molecule has 1 heterocycles. The number of piperidine rings is 1. The van der Waals surface area contributed by atoms with Crippen molar-refractivity contribution in [3.8, 4) is 0 Å². The van der Waals surface area contributed by atoms with Gasteiger partial charge in [-0.15, -0.1) is 0 Å². The molecule has 134 valence electrons. The Morgan fingerprint density at radius 1 is 1.42 bits per heavy atom. The predicted molar refractivity (Wildman–Crippen MR) is 87.7 cm³/mol. The van der Waals surface area contributed by atoms with Crippen LogP contribution < -0.4 is 16.5 Å². The summed E-state index contributed by atoms with van der Waals surface area (Å²) >= 11 is 0. The van der Waals surface area contributed by atoms with Crippen LogP contribution in [0.25, 0.3) is 0 Å². The van der Waals surface area contributed by atoms with E-state index >= 15 is 0 Å². The fourth-order valence-corrected chi connectivity index (χ4v) is 3.83. The molecule has 1 aliphatic carbocycles. The molecule has 2 fully saturated rings. The number of urea groups is 1. The number of carbonyl (C=O) groups is 3. The van der Waals surface area contributed by atoms with E-state index in [2.05, 4.69) is 22.8 Å². The highest BCUT2D eigenvalue weighted by Gasteiger charge is 2.38. The molecule has 1 saturated heterocycles. The second kappa shape index (κ2) is 7.74. The summed E-state index contributed by atoms with van der Waals surface area (Å²) in [5.41, 5.74) is 8.05. The van der Waals surface area contributed by atoms with Gasteiger partial charge in [0.05, 0.1) is 6.10 Å². The molecule has 0 bridgehead atoms. The molecule has 5 N–H and O–H groups in total. The number of imide groups is 1. The molecule has 0 aromatic heterocycles. The number of primary amides is 1. The Balaban J connectivity index is 2.09. The normalized spacial score (nSPS) is 33.9. The van der Waals surface area contributed by atoms with Crippen molar-refractivity contribution in [1.29, 1.82) is 0 Å². The number of aliphatic hydroxyl groups excluding tert-OH is 1. The van der Waals surface area contributed by atoms with Crippen molar-refractivity contribution in [2.75, 3.05) is 0 Å². The Hall–Kier alpha value is -1.96. The largest absolute Gasteiger partial charge is 0.392 e. The van der Waals surface area contributed by atoms with Gasteiger partial charge in [0.15, 0.2) is 0 Å². The van der Waals surface area contributed by atoms with E-state index in [9.17, 15) is 19.5 Å². The molecule has 0 aromatic carbocycles. The second-order valence-electron chi connectivity index (χ2n) is 7.05. The maximum atomic E-state index is 11.9. The number of hydrazone groups is 1. The van der Waals surface area contributed by atoms with Gasteiger partial charge in [-0.3, -0.25) is 14.9 Å². The number of hydrogen-bond acceptors (Lipinski definition) is 5. The third-order valence-corrected chi connectivity index (χ3v) is 4.94. The number of hydrogen-bond donors (Lipinski definition) is 4. The van der Waals surface area contributed by atoms with E-state index < -0.39 is 12.1 Å². The van der Waals surface area contributed by atoms with Gasteiger partial charge in [-0.2, -0.15) is 5.10 Å². The van der Waals surface area contributed by atoms with Gasteiger partial charge < -0.3 is 10.8 Å². The molecule has 0 aromatic rings. The predicted octanol–water partition coefficient (Wildman–Crippen LogP) is 0.497. The van der Waals surface area contributed by atoms with E-state index in [0.29, 0.717) is 24.5 Å². The average molecular weight is 338 g/mol. The first-order chi connectivity index (χ1) is 11.3. The Morgan fingerprint density at radius 3 is 2.75 bits per heavy atom. The highest BCUT2D eigenvalue weighted by atomic mass is 16.3. The lowest BCUT2D eigenvalue weighted by atomic mass is 9.71. The molecule has 0 radical (unpaired) electrons. The summed E-state index contributed by atoms with van der Waals surface area (Å²) in [5.74, 6) is -0.679. The third kappa shape index (κ3) is 4.53. The standard InChI is InChI=1S/C16H26N4O4/c1-8-5-9(2)14(19-20-16(17)24)11(6-8)12(21)7-10-3-4-13(22)18-15(10)23/h8-12,21H,3-7H2,1-2H3,(H3,17,20,24)(H,18,22,23)/b19-14+/t8-,9-,10-,11-,12+/m0/s1. The second-order valence-corrected chi connectivity index (χ2v) is 7.05. The third-order valence-electron chi connectivity index (χ3n) is 4.94. The number of aliphatic hydroxyl groups is 1. The van der Waals surface area contributed by atoms with E-state index in [1.165, 1.54) is 0 Å². The number of rotatable bonds is 4. The van der Waals surface area contributed by atoms with Crippen molar-refractivity contribution < 1.29 is 19.5 Å². The molecule has 4 amide bonds. The van der Waals surface area contributed by atoms with Crippen molar-refractivity contribution >= 4 is 23.6 Å². The van der Waals surface area contributed by atoms with Crippen LogP contribution >= 0.6 is 0 Å². The molecule has 1 saturated carbocycles. The number of amides is 4. The quantitative estimate of drug-likeness (QED) is 0.438. The monoisotopic (exact) mass is 338 g/mol. The summed E-state index contributed by atoms with van der Waals surface area (Å²) in [6, 6.07) is -0.744. The molecule has 24 heavy (non-hydrogen) atoms. The molecule has 8 nitrogen and oxygen atoms in total. The van der Waals surface area contributed by atoms with Crippen LogP contribution in [0.3, 0.4) is 0 Å². The van der Waals surface area contributed by atoms with Gasteiger partial charge in [0, 0.05) is 24.0 Å². The van der Waals surface area contributed by atoms with Gasteiger partial charge in [-0.1, -0.05) is 13.8 Å². The Labute approximate surface area is 141 Å². The smallest absolute Gasteiger partial charge is 0.332 e. The molecule has 0 unspecified atom stereocenters. The van der Waals surface area contributed by atoms with Crippen molar-refractivity contribution in [3.63, 3.8) is 0 Å². The highest BCUT2D eigenvalue weighted by molar-refractivity contribution is 5.98. The van der Waals surface area contributed by atoms with Crippen LogP contribution in [0.4, 0.5) is 4.79 Å². The van der Waals surface area contributed by atoms with Crippen LogP contribution in [0.1, 0.15) is 46.0 Å². The number of carbonyl (C=O) groups excluding carboxylic acids is 3. The van der Waals surface area contributed by atoms with Gasteiger partial charge in [-0.25, -0.2) is 10.2 Å². The number of nitrogens with zero attached hydrogens (tertiary/aromatic N) is 1. The zero-order valence-electron chi connectivity index (χ0n) is 14.1. The maximum Gasteiger partial charge on any atom is 0.332 e. The lowest BCUT2D eigenvalue weighted by Gasteiger charge is -2.37. The van der Waals surface area contributed by atoms with Crippen LogP contribution in [0.2, 0.25) is 0 Å². The molecule has 2 aliphatic rings. The minimum Gasteiger partial charge on any atom is -0.392 e. The average Bonchev–Trinajstić information content (AvgIpc) is 2.48. The molecule has 5 atom stereocenters. The number of nitrogens with one attached hydrogen (secondary N) is 2. The lowest BCUT2D eigenvalue weighted by molar-refractivity contribution is -0.137. The zero-order valence-corrected chi connectivity index (χ0v) is 14.1. The molecular formula is C16H26N4O4. The van der Waals surface area contributed by atoms with E-state index in [0.717, 1.165) is 12.8 Å². The minimum absolute atomic E-state index is 0.113. The van der Waals surface area contributed by atoms with E-state index in [-0.39, 0.29) is 36.0 Å². The Bertz CT molecular complexity index is 548. The number of nitrogens with two attached hydrogens (primary N) is 1. The SMILES string of the molecule is C[C@@H]1C[C@@H]([C@H](O)C[C@@H]2CCC(=O)NC2=O)/C(=N/NC(N)=O)[C@@H](C)C1. The van der Waals surface area contributed by atoms with Gasteiger partial charge in [0.1, 0.15) is 0 Å². The summed E-state index contributed by atoms with van der Waals surface area (Å²) in [5, 5.41) is 17.1. The molecular weight excluding hydrogens is 312 g/mol. The summed E-state index contributed by atoms with van der Waals surface area (Å²) < 4.78 is 0. The lowest BCUT2D eigenvalue weighted by Crippen LogP contribution is -2.45. The molecule has 1 aliphatic heterocycles. The zero-order chi connectivity index (χ0) is 17.9. The van der Waals surface area contributed by atoms with Crippen LogP contribution in [0, 0.1) is 23.7 Å². The summed E-state index contributed by atoms with van der Waals surface area (Å²) in [7, 11) is 0. The fourth-order valence-electron chi connectivity index (χ4n) is 3.83. The molecule has 0 spiro atoms. The van der Waals surface area contributed by atoms with Gasteiger partial charge >= 0.3 is 6.03 Å². The van der Waals surface area contributed by atoms with Gasteiger partial charge in [0.2, 0.25) is 11.8 Å². The van der Waals surface area contributed by atoms with E-state index in [1.54, 1.807) is 0 Å². The van der Waals surface area contributed by atoms with Crippen LogP contribution in [0.5, 0.6) is 0 Å². The molecule has 2 rings (SSSR count). The highest BCUT2D eigenvalue weighted by Crippen LogP contribution is 2.35. The Morgan fingerprint density at radius 2 is 2.12 bits per heavy atom. The fraction of sp³-hybridized carbons (Fsp3) is 0.750. The van der Waals surface area contributed by atoms with Crippen molar-refractivity contribution in [1.82, 2.24) is 10.7 Å². The Kier molecular flexibility index (Phi) is 5.93. The molecule has 8 heteroatoms. The van der Waals surface area contributed by atoms with Crippen molar-refractivity contribution in [2.45, 2.75) is 52.1 Å². The minimum atomic E-state index is -0.757. The van der Waals surface area contributed by atoms with Gasteiger partial charge in [0.25, 0.3) is 0 Å². The van der Waals surface area contributed by atoms with E-state index in [4.69, 9.17) is 5.73 Å². The summed E-state index contributed by atoms with van der Waals surface area (Å²) in [6.45, 7) is 4.11. The van der Waals surface area contributed by atoms with Crippen LogP contribution in [-0.2, 0) is 9.59 Å². The van der Waals surface area contributed by atoms with Crippen molar-refractivity contribution in [2.24, 2.45) is 34.5 Å². The first-order valence-electron chi connectivity index (χ1n) is 8.42. The van der Waals surface area contributed by atoms with Crippen LogP contribution in [0.15, 0.2) is 5.10 Å². The first kappa shape index (κ1) is 18.4. The maximum absolute atomic E-state index is 11.9. The van der Waals surface area contributed by atoms with E-state index in [1.807, 2.05) is 6.92 Å². The topological polar surface area (TPSA) is 134 Å². The van der Waals surface area contributed by atoms with Gasteiger partial charge in [-0.05, 0) is 37.5 Å². The van der Waals surface area contributed by atoms with Crippen LogP contribution in [-0.4, -0.2) is 34.8 Å². The summed E-state index contributed by atoms with van der Waals surface area (Å²) in [6.07, 6.45) is 1.92. The first-order valence-corrected chi connectivity index (χ1v) is 8.42. The summed E-state index contributed by atoms with van der Waals surface area (Å²) in [4.78, 5) is 34.1.